The maximum absolute atomic E-state index is 13.3. The van der Waals surface area contributed by atoms with Gasteiger partial charge in [0.1, 0.15) is 5.82 Å². The van der Waals surface area contributed by atoms with Gasteiger partial charge in [0.15, 0.2) is 0 Å². The van der Waals surface area contributed by atoms with Gasteiger partial charge in [-0.1, -0.05) is 18.2 Å². The Bertz CT molecular complexity index is 1050. The lowest BCUT2D eigenvalue weighted by molar-refractivity contribution is -0.138. The number of nitrogens with one attached hydrogen (secondary N) is 1. The molecule has 0 unspecified atom stereocenters. The molecule has 4 rings (SSSR count). The third-order valence-corrected chi connectivity index (χ3v) is 4.80. The minimum atomic E-state index is -4.40. The molecule has 0 radical (unpaired) electrons. The van der Waals surface area contributed by atoms with Crippen molar-refractivity contribution in [2.24, 2.45) is 0 Å². The molecule has 28 heavy (non-hydrogen) atoms. The molecule has 0 fully saturated rings. The topological polar surface area (TPSA) is 61.9 Å². The molecule has 0 aliphatic carbocycles. The lowest BCUT2D eigenvalue weighted by Crippen LogP contribution is -2.35. The molecule has 8 heteroatoms. The number of rotatable bonds is 3. The lowest BCUT2D eigenvalue weighted by Gasteiger charge is -2.28. The standard InChI is InChI=1S/C20H17F3N4O/c21-20(22,23)16-6-2-1-4-14(16)11-27-9-7-15-17(12-27)25-18(26-19(15)28)13-5-3-8-24-10-13/h1-6,8,10H,7,9,11-12H2,(H,25,26,28). The third-order valence-electron chi connectivity index (χ3n) is 4.80. The Kier molecular flexibility index (Phi) is 4.72. The predicted octanol–water partition coefficient (Wildman–Crippen LogP) is 3.41. The number of fused-ring (bicyclic) bond motifs is 1. The fraction of sp³-hybridized carbons (Fsp3) is 0.250. The van der Waals surface area contributed by atoms with Gasteiger partial charge in [0.2, 0.25) is 0 Å². The summed E-state index contributed by atoms with van der Waals surface area (Å²) < 4.78 is 39.8. The predicted molar refractivity (Wildman–Crippen MR) is 97.4 cm³/mol. The van der Waals surface area contributed by atoms with Crippen LogP contribution in [0.15, 0.2) is 53.6 Å². The minimum absolute atomic E-state index is 0.145. The molecule has 1 aliphatic heterocycles. The molecule has 0 bridgehead atoms. The Morgan fingerprint density at radius 1 is 1.14 bits per heavy atom. The smallest absolute Gasteiger partial charge is 0.306 e. The molecule has 0 amide bonds. The number of aromatic amines is 1. The second-order valence-corrected chi connectivity index (χ2v) is 6.70. The van der Waals surface area contributed by atoms with E-state index in [1.807, 2.05) is 4.90 Å². The zero-order valence-corrected chi connectivity index (χ0v) is 14.8. The molecule has 2 aromatic heterocycles. The van der Waals surface area contributed by atoms with Crippen molar-refractivity contribution in [1.29, 1.82) is 0 Å². The van der Waals surface area contributed by atoms with E-state index in [9.17, 15) is 18.0 Å². The first-order valence-corrected chi connectivity index (χ1v) is 8.82. The number of pyridine rings is 1. The van der Waals surface area contributed by atoms with Crippen molar-refractivity contribution in [3.63, 3.8) is 0 Å². The summed E-state index contributed by atoms with van der Waals surface area (Å²) in [5.74, 6) is 0.411. The molecule has 1 N–H and O–H groups in total. The van der Waals surface area contributed by atoms with E-state index in [-0.39, 0.29) is 17.7 Å². The molecule has 0 saturated heterocycles. The van der Waals surface area contributed by atoms with E-state index in [1.165, 1.54) is 12.1 Å². The third kappa shape index (κ3) is 3.68. The molecule has 0 spiro atoms. The van der Waals surface area contributed by atoms with E-state index >= 15 is 0 Å². The van der Waals surface area contributed by atoms with Gasteiger partial charge >= 0.3 is 6.18 Å². The number of hydrogen-bond acceptors (Lipinski definition) is 4. The van der Waals surface area contributed by atoms with E-state index < -0.39 is 11.7 Å². The van der Waals surface area contributed by atoms with Crippen molar-refractivity contribution in [3.8, 4) is 11.4 Å². The summed E-state index contributed by atoms with van der Waals surface area (Å²) in [5.41, 5.74) is 1.25. The zero-order chi connectivity index (χ0) is 19.7. The van der Waals surface area contributed by atoms with Gasteiger partial charge in [0, 0.05) is 43.2 Å². The number of benzene rings is 1. The molecular weight excluding hydrogens is 369 g/mol. The average Bonchev–Trinajstić information content (AvgIpc) is 2.68. The number of hydrogen-bond donors (Lipinski definition) is 1. The highest BCUT2D eigenvalue weighted by atomic mass is 19.4. The highest BCUT2D eigenvalue weighted by Gasteiger charge is 2.33. The summed E-state index contributed by atoms with van der Waals surface area (Å²) in [5, 5.41) is 0. The highest BCUT2D eigenvalue weighted by molar-refractivity contribution is 5.53. The molecule has 0 saturated carbocycles. The second-order valence-electron chi connectivity index (χ2n) is 6.70. The van der Waals surface area contributed by atoms with Crippen LogP contribution in [-0.2, 0) is 25.7 Å². The lowest BCUT2D eigenvalue weighted by atomic mass is 10.0. The van der Waals surface area contributed by atoms with Crippen LogP contribution in [0.5, 0.6) is 0 Å². The van der Waals surface area contributed by atoms with Gasteiger partial charge in [0.25, 0.3) is 5.56 Å². The van der Waals surface area contributed by atoms with E-state index in [4.69, 9.17) is 0 Å². The Balaban J connectivity index is 1.62. The van der Waals surface area contributed by atoms with Crippen LogP contribution in [0.25, 0.3) is 11.4 Å². The summed E-state index contributed by atoms with van der Waals surface area (Å²) in [6, 6.07) is 9.11. The van der Waals surface area contributed by atoms with Crippen molar-refractivity contribution in [1.82, 2.24) is 19.9 Å². The maximum Gasteiger partial charge on any atom is 0.416 e. The van der Waals surface area contributed by atoms with Crippen LogP contribution in [0, 0.1) is 0 Å². The molecular formula is C20H17F3N4O. The number of nitrogens with zero attached hydrogens (tertiary/aromatic N) is 3. The van der Waals surface area contributed by atoms with E-state index in [0.717, 1.165) is 6.07 Å². The Hall–Kier alpha value is -3.00. The SMILES string of the molecule is O=c1[nH]c(-c2cccnc2)nc2c1CCN(Cc1ccccc1C(F)(F)F)C2. The Morgan fingerprint density at radius 3 is 2.71 bits per heavy atom. The maximum atomic E-state index is 13.3. The summed E-state index contributed by atoms with van der Waals surface area (Å²) in [6.45, 7) is 0.959. The summed E-state index contributed by atoms with van der Waals surface area (Å²) in [6.07, 6.45) is -0.725. The molecule has 0 atom stereocenters. The molecule has 3 aromatic rings. The van der Waals surface area contributed by atoms with Gasteiger partial charge in [0.05, 0.1) is 11.3 Å². The van der Waals surface area contributed by atoms with Gasteiger partial charge in [-0.15, -0.1) is 0 Å². The van der Waals surface area contributed by atoms with Crippen LogP contribution in [-0.4, -0.2) is 26.4 Å². The van der Waals surface area contributed by atoms with Crippen LogP contribution in [0.3, 0.4) is 0 Å². The minimum Gasteiger partial charge on any atom is -0.306 e. The normalized spacial score (nSPS) is 14.7. The van der Waals surface area contributed by atoms with Gasteiger partial charge in [-0.2, -0.15) is 13.2 Å². The Labute approximate surface area is 158 Å². The average molecular weight is 386 g/mol. The number of aromatic nitrogens is 3. The van der Waals surface area contributed by atoms with Gasteiger partial charge in [-0.25, -0.2) is 4.98 Å². The van der Waals surface area contributed by atoms with Gasteiger partial charge in [-0.3, -0.25) is 14.7 Å². The summed E-state index contributed by atoms with van der Waals surface area (Å²) in [7, 11) is 0. The first-order chi connectivity index (χ1) is 13.4. The molecule has 5 nitrogen and oxygen atoms in total. The highest BCUT2D eigenvalue weighted by Crippen LogP contribution is 2.33. The molecule has 144 valence electrons. The number of alkyl halides is 3. The van der Waals surface area contributed by atoms with Crippen molar-refractivity contribution in [2.45, 2.75) is 25.7 Å². The monoisotopic (exact) mass is 386 g/mol. The molecule has 3 heterocycles. The van der Waals surface area contributed by atoms with Crippen LogP contribution in [0.4, 0.5) is 13.2 Å². The van der Waals surface area contributed by atoms with E-state index in [1.54, 1.807) is 30.6 Å². The first kappa shape index (κ1) is 18.4. The fourth-order valence-corrected chi connectivity index (χ4v) is 3.44. The Morgan fingerprint density at radius 2 is 1.96 bits per heavy atom. The number of H-pyrrole nitrogens is 1. The van der Waals surface area contributed by atoms with E-state index in [0.29, 0.717) is 42.2 Å². The zero-order valence-electron chi connectivity index (χ0n) is 14.8. The second kappa shape index (κ2) is 7.20. The van der Waals surface area contributed by atoms with Crippen molar-refractivity contribution in [2.75, 3.05) is 6.54 Å². The van der Waals surface area contributed by atoms with Gasteiger partial charge < -0.3 is 4.98 Å². The van der Waals surface area contributed by atoms with Crippen LogP contribution < -0.4 is 5.56 Å². The first-order valence-electron chi connectivity index (χ1n) is 8.82. The van der Waals surface area contributed by atoms with Crippen LogP contribution >= 0.6 is 0 Å². The van der Waals surface area contributed by atoms with E-state index in [2.05, 4.69) is 15.0 Å². The molecule has 1 aliphatic rings. The fourth-order valence-electron chi connectivity index (χ4n) is 3.44. The van der Waals surface area contributed by atoms with Gasteiger partial charge in [-0.05, 0) is 30.2 Å². The molecule has 1 aromatic carbocycles. The van der Waals surface area contributed by atoms with Crippen LogP contribution in [0.2, 0.25) is 0 Å². The quantitative estimate of drug-likeness (QED) is 0.749. The number of halogens is 3. The van der Waals surface area contributed by atoms with Crippen LogP contribution in [0.1, 0.15) is 22.4 Å². The van der Waals surface area contributed by atoms with Crippen molar-refractivity contribution in [3.05, 3.63) is 81.5 Å². The van der Waals surface area contributed by atoms with Crippen molar-refractivity contribution >= 4 is 0 Å². The summed E-state index contributed by atoms with van der Waals surface area (Å²) >= 11 is 0. The summed E-state index contributed by atoms with van der Waals surface area (Å²) in [4.78, 5) is 25.7. The van der Waals surface area contributed by atoms with Crippen molar-refractivity contribution < 1.29 is 13.2 Å². The largest absolute Gasteiger partial charge is 0.416 e.